The molecule has 0 nitrogen and oxygen atoms in total. The maximum atomic E-state index is 5.88. The van der Waals surface area contributed by atoms with E-state index >= 15 is 0 Å². The topological polar surface area (TPSA) is 0 Å². The van der Waals surface area contributed by atoms with Crippen LogP contribution in [-0.2, 0) is 0 Å². The van der Waals surface area contributed by atoms with E-state index in [2.05, 4.69) is 20.4 Å². The SMILES string of the molecule is C=C(CC)CC(Cl)CC. The Morgan fingerprint density at radius 2 is 2.11 bits per heavy atom. The first kappa shape index (κ1) is 9.03. The minimum atomic E-state index is 0.303. The Morgan fingerprint density at radius 3 is 2.44 bits per heavy atom. The Labute approximate surface area is 62.9 Å². The van der Waals surface area contributed by atoms with Crippen LogP contribution in [-0.4, -0.2) is 5.38 Å². The molecule has 1 heteroatoms. The van der Waals surface area contributed by atoms with Crippen molar-refractivity contribution in [3.63, 3.8) is 0 Å². The van der Waals surface area contributed by atoms with Crippen LogP contribution in [0.1, 0.15) is 33.1 Å². The van der Waals surface area contributed by atoms with Crippen molar-refractivity contribution in [2.75, 3.05) is 0 Å². The minimum Gasteiger partial charge on any atom is -0.123 e. The second kappa shape index (κ2) is 4.87. The summed E-state index contributed by atoms with van der Waals surface area (Å²) >= 11 is 5.88. The van der Waals surface area contributed by atoms with Gasteiger partial charge >= 0.3 is 0 Å². The number of halogens is 1. The van der Waals surface area contributed by atoms with Crippen molar-refractivity contribution in [2.24, 2.45) is 0 Å². The van der Waals surface area contributed by atoms with Crippen molar-refractivity contribution in [1.82, 2.24) is 0 Å². The highest BCUT2D eigenvalue weighted by molar-refractivity contribution is 6.20. The Kier molecular flexibility index (Phi) is 4.88. The lowest BCUT2D eigenvalue weighted by molar-refractivity contribution is 0.778. The molecule has 1 atom stereocenters. The molecule has 0 aromatic rings. The second-order valence-corrected chi connectivity index (χ2v) is 2.93. The molecule has 0 aromatic heterocycles. The monoisotopic (exact) mass is 146 g/mol. The van der Waals surface area contributed by atoms with Crippen LogP contribution < -0.4 is 0 Å². The number of alkyl halides is 1. The van der Waals surface area contributed by atoms with Crippen LogP contribution in [0.2, 0.25) is 0 Å². The van der Waals surface area contributed by atoms with Gasteiger partial charge in [0.15, 0.2) is 0 Å². The van der Waals surface area contributed by atoms with E-state index in [-0.39, 0.29) is 0 Å². The van der Waals surface area contributed by atoms with Crippen LogP contribution >= 0.6 is 11.6 Å². The van der Waals surface area contributed by atoms with E-state index in [0.29, 0.717) is 5.38 Å². The molecule has 0 aliphatic heterocycles. The molecule has 0 saturated carbocycles. The van der Waals surface area contributed by atoms with Crippen molar-refractivity contribution >= 4 is 11.6 Å². The second-order valence-electron chi connectivity index (χ2n) is 2.31. The zero-order valence-corrected chi connectivity index (χ0v) is 7.04. The van der Waals surface area contributed by atoms with E-state index in [0.717, 1.165) is 19.3 Å². The molecule has 0 aromatic carbocycles. The van der Waals surface area contributed by atoms with Gasteiger partial charge in [-0.3, -0.25) is 0 Å². The molecule has 0 aliphatic carbocycles. The summed E-state index contributed by atoms with van der Waals surface area (Å²) in [6, 6.07) is 0. The molecule has 0 heterocycles. The summed E-state index contributed by atoms with van der Waals surface area (Å²) in [6.45, 7) is 8.09. The molecule has 0 fully saturated rings. The molecule has 1 unspecified atom stereocenters. The van der Waals surface area contributed by atoms with Crippen LogP contribution in [0.5, 0.6) is 0 Å². The lowest BCUT2D eigenvalue weighted by atomic mass is 10.1. The first-order valence-electron chi connectivity index (χ1n) is 3.51. The van der Waals surface area contributed by atoms with Gasteiger partial charge in [0.25, 0.3) is 0 Å². The molecule has 0 radical (unpaired) electrons. The van der Waals surface area contributed by atoms with E-state index in [9.17, 15) is 0 Å². The van der Waals surface area contributed by atoms with Gasteiger partial charge in [-0.05, 0) is 19.3 Å². The van der Waals surface area contributed by atoms with Crippen molar-refractivity contribution in [3.05, 3.63) is 12.2 Å². The fraction of sp³-hybridized carbons (Fsp3) is 0.750. The van der Waals surface area contributed by atoms with Crippen LogP contribution in [0.15, 0.2) is 12.2 Å². The normalized spacial score (nSPS) is 13.2. The van der Waals surface area contributed by atoms with E-state index in [1.54, 1.807) is 0 Å². The van der Waals surface area contributed by atoms with Crippen LogP contribution in [0.4, 0.5) is 0 Å². The summed E-state index contributed by atoms with van der Waals surface area (Å²) in [5, 5.41) is 0.303. The van der Waals surface area contributed by atoms with Gasteiger partial charge in [-0.15, -0.1) is 11.6 Å². The largest absolute Gasteiger partial charge is 0.123 e. The fourth-order valence-corrected chi connectivity index (χ4v) is 0.820. The third-order valence-corrected chi connectivity index (χ3v) is 1.92. The first-order valence-corrected chi connectivity index (χ1v) is 3.95. The van der Waals surface area contributed by atoms with Gasteiger partial charge in [-0.2, -0.15) is 0 Å². The Hall–Kier alpha value is 0.0300. The molecule has 0 spiro atoms. The first-order chi connectivity index (χ1) is 4.20. The Morgan fingerprint density at radius 1 is 1.56 bits per heavy atom. The molecule has 54 valence electrons. The van der Waals surface area contributed by atoms with Gasteiger partial charge in [-0.25, -0.2) is 0 Å². The Bertz CT molecular complexity index is 86.6. The highest BCUT2D eigenvalue weighted by Crippen LogP contribution is 2.14. The van der Waals surface area contributed by atoms with E-state index in [1.165, 1.54) is 5.57 Å². The van der Waals surface area contributed by atoms with E-state index in [4.69, 9.17) is 11.6 Å². The molecule has 0 rings (SSSR count). The van der Waals surface area contributed by atoms with Crippen LogP contribution in [0.3, 0.4) is 0 Å². The van der Waals surface area contributed by atoms with Gasteiger partial charge in [0.2, 0.25) is 0 Å². The number of rotatable bonds is 4. The zero-order chi connectivity index (χ0) is 7.28. The van der Waals surface area contributed by atoms with E-state index < -0.39 is 0 Å². The highest BCUT2D eigenvalue weighted by Gasteiger charge is 2.00. The van der Waals surface area contributed by atoms with Gasteiger partial charge in [-0.1, -0.05) is 26.0 Å². The van der Waals surface area contributed by atoms with Crippen molar-refractivity contribution < 1.29 is 0 Å². The highest BCUT2D eigenvalue weighted by atomic mass is 35.5. The predicted octanol–water partition coefficient (Wildman–Crippen LogP) is 3.36. The molecule has 0 amide bonds. The summed E-state index contributed by atoms with van der Waals surface area (Å²) in [4.78, 5) is 0. The van der Waals surface area contributed by atoms with Gasteiger partial charge in [0.05, 0.1) is 0 Å². The Balaban J connectivity index is 3.34. The molecule has 0 aliphatic rings. The smallest absolute Gasteiger partial charge is 0.0370 e. The lowest BCUT2D eigenvalue weighted by Gasteiger charge is -2.05. The summed E-state index contributed by atoms with van der Waals surface area (Å²) < 4.78 is 0. The van der Waals surface area contributed by atoms with Gasteiger partial charge in [0, 0.05) is 5.38 Å². The fourth-order valence-electron chi connectivity index (χ4n) is 0.602. The molecular formula is C8H15Cl. The van der Waals surface area contributed by atoms with Crippen molar-refractivity contribution in [3.8, 4) is 0 Å². The molecule has 0 saturated heterocycles. The number of allylic oxidation sites excluding steroid dienone is 1. The molecular weight excluding hydrogens is 132 g/mol. The van der Waals surface area contributed by atoms with Crippen LogP contribution in [0.25, 0.3) is 0 Å². The van der Waals surface area contributed by atoms with E-state index in [1.807, 2.05) is 0 Å². The number of hydrogen-bond acceptors (Lipinski definition) is 0. The third-order valence-electron chi connectivity index (χ3n) is 1.45. The van der Waals surface area contributed by atoms with Crippen molar-refractivity contribution in [1.29, 1.82) is 0 Å². The van der Waals surface area contributed by atoms with Gasteiger partial charge < -0.3 is 0 Å². The molecule has 9 heavy (non-hydrogen) atoms. The standard InChI is InChI=1S/C8H15Cl/c1-4-7(3)6-8(9)5-2/h8H,3-6H2,1-2H3. The number of hydrogen-bond donors (Lipinski definition) is 0. The van der Waals surface area contributed by atoms with Gasteiger partial charge in [0.1, 0.15) is 0 Å². The van der Waals surface area contributed by atoms with Crippen LogP contribution in [0, 0.1) is 0 Å². The molecule has 0 N–H and O–H groups in total. The maximum absolute atomic E-state index is 5.88. The zero-order valence-electron chi connectivity index (χ0n) is 6.28. The maximum Gasteiger partial charge on any atom is 0.0370 e. The summed E-state index contributed by atoms with van der Waals surface area (Å²) in [6.07, 6.45) is 3.08. The average molecular weight is 147 g/mol. The minimum absolute atomic E-state index is 0.303. The summed E-state index contributed by atoms with van der Waals surface area (Å²) in [7, 11) is 0. The summed E-state index contributed by atoms with van der Waals surface area (Å²) in [5.74, 6) is 0. The lowest BCUT2D eigenvalue weighted by Crippen LogP contribution is -1.96. The third kappa shape index (κ3) is 4.53. The van der Waals surface area contributed by atoms with Crippen molar-refractivity contribution in [2.45, 2.75) is 38.5 Å². The predicted molar refractivity (Wildman–Crippen MR) is 44.0 cm³/mol. The summed E-state index contributed by atoms with van der Waals surface area (Å²) in [5.41, 5.74) is 1.26. The molecule has 0 bridgehead atoms. The quantitative estimate of drug-likeness (QED) is 0.422. The average Bonchev–Trinajstić information content (AvgIpc) is 1.87.